The van der Waals surface area contributed by atoms with E-state index in [0.29, 0.717) is 30.4 Å². The molecule has 0 unspecified atom stereocenters. The lowest BCUT2D eigenvalue weighted by Crippen LogP contribution is -2.30. The third-order valence-electron chi connectivity index (χ3n) is 4.29. The maximum absolute atomic E-state index is 13.2. The summed E-state index contributed by atoms with van der Waals surface area (Å²) in [7, 11) is 0. The molecule has 4 N–H and O–H groups in total. The van der Waals surface area contributed by atoms with E-state index in [0.717, 1.165) is 16.1 Å². The number of nitrogens with two attached hydrogens (primary N) is 1. The van der Waals surface area contributed by atoms with Crippen molar-refractivity contribution in [1.82, 2.24) is 0 Å². The predicted octanol–water partition coefficient (Wildman–Crippen LogP) is 4.21. The molecule has 1 aliphatic heterocycles. The van der Waals surface area contributed by atoms with Crippen molar-refractivity contribution in [3.05, 3.63) is 76.9 Å². The van der Waals surface area contributed by atoms with Crippen LogP contribution in [-0.2, 0) is 6.54 Å². The molecular formula is C20H18FN5OS. The second kappa shape index (κ2) is 7.69. The van der Waals surface area contributed by atoms with Gasteiger partial charge in [0.2, 0.25) is 0 Å². The van der Waals surface area contributed by atoms with E-state index in [4.69, 9.17) is 5.73 Å². The molecule has 28 heavy (non-hydrogen) atoms. The fourth-order valence-corrected chi connectivity index (χ4v) is 3.85. The highest BCUT2D eigenvalue weighted by molar-refractivity contribution is 7.14. The molecule has 2 aromatic carbocycles. The van der Waals surface area contributed by atoms with Gasteiger partial charge in [0.25, 0.3) is 0 Å². The number of anilines is 3. The van der Waals surface area contributed by atoms with Crippen LogP contribution in [0.4, 0.5) is 25.6 Å². The topological polar surface area (TPSA) is 82.8 Å². The van der Waals surface area contributed by atoms with Crippen LogP contribution in [0, 0.1) is 5.82 Å². The highest BCUT2D eigenvalue weighted by atomic mass is 32.1. The van der Waals surface area contributed by atoms with Gasteiger partial charge in [-0.3, -0.25) is 0 Å². The van der Waals surface area contributed by atoms with Crippen LogP contribution in [0.15, 0.2) is 65.0 Å². The van der Waals surface area contributed by atoms with Crippen LogP contribution >= 0.6 is 11.3 Å². The first kappa shape index (κ1) is 18.0. The molecule has 0 spiro atoms. The Balaban J connectivity index is 1.37. The number of thiophene rings is 1. The minimum absolute atomic E-state index is 0.394. The Kier molecular flexibility index (Phi) is 4.94. The van der Waals surface area contributed by atoms with Crippen LogP contribution in [-0.4, -0.2) is 18.5 Å². The Hall–Kier alpha value is -3.39. The van der Waals surface area contributed by atoms with Gasteiger partial charge in [-0.05, 0) is 47.3 Å². The van der Waals surface area contributed by atoms with Crippen molar-refractivity contribution in [1.29, 1.82) is 0 Å². The van der Waals surface area contributed by atoms with Crippen LogP contribution in [0.3, 0.4) is 0 Å². The van der Waals surface area contributed by atoms with Gasteiger partial charge in [-0.1, -0.05) is 18.2 Å². The average Bonchev–Trinajstić information content (AvgIpc) is 3.16. The fourth-order valence-electron chi connectivity index (χ4n) is 2.95. The van der Waals surface area contributed by atoms with Crippen LogP contribution < -0.4 is 21.3 Å². The van der Waals surface area contributed by atoms with Crippen LogP contribution in [0.2, 0.25) is 0 Å². The number of halogens is 1. The maximum Gasteiger partial charge on any atom is 0.323 e. The number of hydrogen-bond acceptors (Lipinski definition) is 5. The molecule has 8 heteroatoms. The minimum Gasteiger partial charge on any atom is -0.383 e. The van der Waals surface area contributed by atoms with Crippen molar-refractivity contribution >= 4 is 39.6 Å². The lowest BCUT2D eigenvalue weighted by atomic mass is 10.2. The zero-order chi connectivity index (χ0) is 19.5. The van der Waals surface area contributed by atoms with Gasteiger partial charge in [0.15, 0.2) is 0 Å². The van der Waals surface area contributed by atoms with E-state index in [1.165, 1.54) is 18.2 Å². The van der Waals surface area contributed by atoms with Crippen molar-refractivity contribution in [2.45, 2.75) is 6.54 Å². The summed E-state index contributed by atoms with van der Waals surface area (Å²) < 4.78 is 13.2. The molecule has 0 aliphatic carbocycles. The summed E-state index contributed by atoms with van der Waals surface area (Å²) in [6.07, 6.45) is 0. The summed E-state index contributed by atoms with van der Waals surface area (Å²) in [6, 6.07) is 14.9. The molecule has 0 saturated carbocycles. The standard InChI is InChI=1S/C20H18FN5OS/c21-14-2-1-3-16(10-14)25-20(27)24-15-6-4-13(5-7-15)11-26-12-23-18(22)17-8-9-28-19(17)26/h1-10H,11-12H2,(H2,22,23)(H2,24,25,27). The number of amidine groups is 1. The SMILES string of the molecule is NC1=NCN(Cc2ccc(NC(=O)Nc3cccc(F)c3)cc2)c2sccc21. The quantitative estimate of drug-likeness (QED) is 0.619. The lowest BCUT2D eigenvalue weighted by molar-refractivity contribution is 0.262. The number of rotatable bonds is 4. The van der Waals surface area contributed by atoms with E-state index in [2.05, 4.69) is 20.5 Å². The van der Waals surface area contributed by atoms with E-state index >= 15 is 0 Å². The molecule has 3 aromatic rings. The first-order valence-electron chi connectivity index (χ1n) is 8.64. The molecule has 0 radical (unpaired) electrons. The fraction of sp³-hybridized carbons (Fsp3) is 0.100. The molecule has 142 valence electrons. The number of amides is 2. The third kappa shape index (κ3) is 3.96. The summed E-state index contributed by atoms with van der Waals surface area (Å²) in [5, 5.41) is 8.46. The van der Waals surface area contributed by atoms with Gasteiger partial charge < -0.3 is 21.3 Å². The summed E-state index contributed by atoms with van der Waals surface area (Å²) >= 11 is 1.64. The summed E-state index contributed by atoms with van der Waals surface area (Å²) in [4.78, 5) is 18.6. The number of carbonyl (C=O) groups is 1. The molecule has 2 amide bonds. The van der Waals surface area contributed by atoms with Crippen LogP contribution in [0.5, 0.6) is 0 Å². The number of fused-ring (bicyclic) bond motifs is 1. The van der Waals surface area contributed by atoms with E-state index in [1.54, 1.807) is 17.4 Å². The first-order chi connectivity index (χ1) is 13.6. The second-order valence-electron chi connectivity index (χ2n) is 6.31. The zero-order valence-corrected chi connectivity index (χ0v) is 15.7. The normalized spacial score (nSPS) is 12.9. The first-order valence-corrected chi connectivity index (χ1v) is 9.52. The molecule has 0 bridgehead atoms. The summed E-state index contributed by atoms with van der Waals surface area (Å²) in [5.41, 5.74) is 9.05. The van der Waals surface area contributed by atoms with Gasteiger partial charge in [0.1, 0.15) is 23.3 Å². The molecular weight excluding hydrogens is 377 g/mol. The Bertz CT molecular complexity index is 1030. The average molecular weight is 395 g/mol. The van der Waals surface area contributed by atoms with Gasteiger partial charge in [-0.15, -0.1) is 11.3 Å². The van der Waals surface area contributed by atoms with Gasteiger partial charge in [0.05, 0.1) is 5.56 Å². The number of urea groups is 1. The van der Waals surface area contributed by atoms with E-state index in [-0.39, 0.29) is 0 Å². The molecule has 4 rings (SSSR count). The zero-order valence-electron chi connectivity index (χ0n) is 14.9. The number of carbonyl (C=O) groups excluding carboxylic acids is 1. The largest absolute Gasteiger partial charge is 0.383 e. The van der Waals surface area contributed by atoms with Crippen molar-refractivity contribution < 1.29 is 9.18 Å². The van der Waals surface area contributed by atoms with Crippen molar-refractivity contribution in [3.8, 4) is 0 Å². The van der Waals surface area contributed by atoms with Crippen molar-refractivity contribution in [3.63, 3.8) is 0 Å². The minimum atomic E-state index is -0.428. The van der Waals surface area contributed by atoms with E-state index < -0.39 is 11.8 Å². The van der Waals surface area contributed by atoms with E-state index in [9.17, 15) is 9.18 Å². The van der Waals surface area contributed by atoms with Crippen LogP contribution in [0.1, 0.15) is 11.1 Å². The molecule has 1 aliphatic rings. The van der Waals surface area contributed by atoms with Crippen molar-refractivity contribution in [2.24, 2.45) is 10.7 Å². The van der Waals surface area contributed by atoms with Crippen LogP contribution in [0.25, 0.3) is 0 Å². The molecule has 0 fully saturated rings. The number of nitrogens with zero attached hydrogens (tertiary/aromatic N) is 2. The smallest absolute Gasteiger partial charge is 0.323 e. The van der Waals surface area contributed by atoms with Crippen molar-refractivity contribution in [2.75, 3.05) is 22.2 Å². The second-order valence-corrected chi connectivity index (χ2v) is 7.20. The Labute approximate surface area is 165 Å². The highest BCUT2D eigenvalue weighted by Crippen LogP contribution is 2.31. The summed E-state index contributed by atoms with van der Waals surface area (Å²) in [6.45, 7) is 1.22. The molecule has 2 heterocycles. The number of benzene rings is 2. The molecule has 6 nitrogen and oxygen atoms in total. The summed E-state index contributed by atoms with van der Waals surface area (Å²) in [5.74, 6) is 0.177. The number of nitrogens with one attached hydrogen (secondary N) is 2. The Morgan fingerprint density at radius 3 is 2.71 bits per heavy atom. The van der Waals surface area contributed by atoms with Gasteiger partial charge in [-0.25, -0.2) is 14.2 Å². The number of aliphatic imine (C=N–C) groups is 1. The molecule has 0 atom stereocenters. The third-order valence-corrected chi connectivity index (χ3v) is 5.26. The highest BCUT2D eigenvalue weighted by Gasteiger charge is 2.19. The maximum atomic E-state index is 13.2. The lowest BCUT2D eigenvalue weighted by Gasteiger charge is -2.26. The molecule has 0 saturated heterocycles. The van der Waals surface area contributed by atoms with Gasteiger partial charge in [0, 0.05) is 17.9 Å². The number of hydrogen-bond donors (Lipinski definition) is 3. The van der Waals surface area contributed by atoms with Gasteiger partial charge in [-0.2, -0.15) is 0 Å². The predicted molar refractivity (Wildman–Crippen MR) is 112 cm³/mol. The Morgan fingerprint density at radius 2 is 1.93 bits per heavy atom. The Morgan fingerprint density at radius 1 is 1.14 bits per heavy atom. The van der Waals surface area contributed by atoms with Gasteiger partial charge >= 0.3 is 6.03 Å². The monoisotopic (exact) mass is 395 g/mol. The molecule has 1 aromatic heterocycles. The van der Waals surface area contributed by atoms with E-state index in [1.807, 2.05) is 35.7 Å².